The van der Waals surface area contributed by atoms with Crippen molar-refractivity contribution < 1.29 is 4.79 Å². The highest BCUT2D eigenvalue weighted by Gasteiger charge is 2.52. The van der Waals surface area contributed by atoms with Gasteiger partial charge < -0.3 is 4.90 Å². The van der Waals surface area contributed by atoms with Crippen LogP contribution in [0, 0.1) is 0 Å². The number of thioether (sulfide) groups is 1. The molecule has 2 saturated heterocycles. The number of amides is 1. The van der Waals surface area contributed by atoms with Crippen molar-refractivity contribution in [3.8, 4) is 0 Å². The van der Waals surface area contributed by atoms with Gasteiger partial charge in [0.15, 0.2) is 0 Å². The predicted octanol–water partition coefficient (Wildman–Crippen LogP) is 1.23. The van der Waals surface area contributed by atoms with E-state index in [4.69, 9.17) is 0 Å². The molecule has 3 nitrogen and oxygen atoms in total. The first-order valence-corrected chi connectivity index (χ1v) is 6.60. The van der Waals surface area contributed by atoms with Crippen LogP contribution in [0.3, 0.4) is 0 Å². The highest BCUT2D eigenvalue weighted by molar-refractivity contribution is 7.99. The Morgan fingerprint density at radius 2 is 2.20 bits per heavy atom. The summed E-state index contributed by atoms with van der Waals surface area (Å²) in [5.74, 6) is 2.27. The molecule has 1 unspecified atom stereocenters. The molecule has 2 heterocycles. The van der Waals surface area contributed by atoms with Gasteiger partial charge in [-0.05, 0) is 25.7 Å². The Bertz CT molecular complexity index is 259. The fourth-order valence-corrected chi connectivity index (χ4v) is 3.66. The molecule has 5 heteroatoms. The smallest absolute Gasteiger partial charge is 0.241 e. The molecule has 0 aromatic heterocycles. The fourth-order valence-electron chi connectivity index (χ4n) is 2.73. The third kappa shape index (κ3) is 1.67. The molecule has 1 atom stereocenters. The first-order chi connectivity index (χ1) is 6.82. The maximum atomic E-state index is 12.1. The van der Waals surface area contributed by atoms with E-state index in [0.29, 0.717) is 11.4 Å². The molecule has 0 aromatic carbocycles. The van der Waals surface area contributed by atoms with Crippen molar-refractivity contribution in [2.75, 3.05) is 18.2 Å². The molecule has 1 spiro atoms. The third-order valence-corrected chi connectivity index (χ3v) is 4.88. The molecule has 2 aliphatic heterocycles. The third-order valence-electron chi connectivity index (χ3n) is 3.94. The minimum atomic E-state index is 0. The van der Waals surface area contributed by atoms with Crippen molar-refractivity contribution in [1.82, 2.24) is 10.2 Å². The molecule has 3 fully saturated rings. The molecule has 3 aliphatic rings. The molecule has 15 heavy (non-hydrogen) atoms. The van der Waals surface area contributed by atoms with Crippen LogP contribution in [0.2, 0.25) is 0 Å². The molecule has 1 aliphatic carbocycles. The van der Waals surface area contributed by atoms with Crippen LogP contribution in [0.25, 0.3) is 0 Å². The molecular weight excluding hydrogens is 232 g/mol. The Labute approximate surface area is 101 Å². The summed E-state index contributed by atoms with van der Waals surface area (Å²) in [6.07, 6.45) is 5.06. The maximum absolute atomic E-state index is 12.1. The summed E-state index contributed by atoms with van der Waals surface area (Å²) in [7, 11) is 0. The van der Waals surface area contributed by atoms with E-state index in [1.807, 2.05) is 11.8 Å². The Kier molecular flexibility index (Phi) is 3.20. The van der Waals surface area contributed by atoms with Crippen molar-refractivity contribution in [3.63, 3.8) is 0 Å². The molecule has 0 bridgehead atoms. The number of carbonyl (C=O) groups is 1. The summed E-state index contributed by atoms with van der Waals surface area (Å²) < 4.78 is 0. The number of hydrogen-bond donors (Lipinski definition) is 1. The predicted molar refractivity (Wildman–Crippen MR) is 64.4 cm³/mol. The normalized spacial score (nSPS) is 31.7. The Balaban J connectivity index is 0.000000853. The van der Waals surface area contributed by atoms with E-state index >= 15 is 0 Å². The van der Waals surface area contributed by atoms with Gasteiger partial charge in [0.05, 0.1) is 6.04 Å². The van der Waals surface area contributed by atoms with Gasteiger partial charge >= 0.3 is 0 Å². The van der Waals surface area contributed by atoms with Gasteiger partial charge in [0, 0.05) is 23.7 Å². The van der Waals surface area contributed by atoms with Gasteiger partial charge in [-0.15, -0.1) is 24.2 Å². The van der Waals surface area contributed by atoms with Crippen LogP contribution in [0.15, 0.2) is 0 Å². The quantitative estimate of drug-likeness (QED) is 0.758. The maximum Gasteiger partial charge on any atom is 0.241 e. The number of nitrogens with zero attached hydrogens (tertiary/aromatic N) is 1. The summed E-state index contributed by atoms with van der Waals surface area (Å²) in [4.78, 5) is 14.2. The van der Waals surface area contributed by atoms with Crippen LogP contribution in [-0.4, -0.2) is 40.6 Å². The zero-order chi connectivity index (χ0) is 9.60. The van der Waals surface area contributed by atoms with Crippen LogP contribution < -0.4 is 5.32 Å². The summed E-state index contributed by atoms with van der Waals surface area (Å²) in [5.41, 5.74) is 0.325. The SMILES string of the molecule is Cl.O=C(C1CSCN1)N1CCC12CCC2. The number of rotatable bonds is 1. The summed E-state index contributed by atoms with van der Waals surface area (Å²) in [5, 5.41) is 3.26. The van der Waals surface area contributed by atoms with Gasteiger partial charge in [0.2, 0.25) is 5.91 Å². The largest absolute Gasteiger partial charge is 0.335 e. The Hall–Kier alpha value is 0.0700. The number of carbonyl (C=O) groups excluding carboxylic acids is 1. The van der Waals surface area contributed by atoms with Gasteiger partial charge in [0.1, 0.15) is 0 Å². The highest BCUT2D eigenvalue weighted by atomic mass is 35.5. The van der Waals surface area contributed by atoms with Crippen LogP contribution in [0.1, 0.15) is 25.7 Å². The number of halogens is 1. The molecule has 1 amide bonds. The van der Waals surface area contributed by atoms with Crippen molar-refractivity contribution in [2.45, 2.75) is 37.3 Å². The molecule has 86 valence electrons. The Morgan fingerprint density at radius 3 is 2.60 bits per heavy atom. The summed E-state index contributed by atoms with van der Waals surface area (Å²) in [6.45, 7) is 1.00. The monoisotopic (exact) mass is 248 g/mol. The lowest BCUT2D eigenvalue weighted by Gasteiger charge is -2.59. The molecule has 0 aromatic rings. The standard InChI is InChI=1S/C10H16N2OS.ClH/c13-9(8-6-14-7-11-8)12-5-4-10(12)2-1-3-10;/h8,11H,1-7H2;1H. The number of nitrogens with one attached hydrogen (secondary N) is 1. The molecule has 1 N–H and O–H groups in total. The molecule has 0 radical (unpaired) electrons. The minimum Gasteiger partial charge on any atom is -0.335 e. The van der Waals surface area contributed by atoms with Crippen LogP contribution >= 0.6 is 24.2 Å². The van der Waals surface area contributed by atoms with E-state index in [1.54, 1.807) is 0 Å². The van der Waals surface area contributed by atoms with E-state index in [0.717, 1.165) is 18.2 Å². The molecule has 3 rings (SSSR count). The van der Waals surface area contributed by atoms with E-state index in [1.165, 1.54) is 25.7 Å². The van der Waals surface area contributed by atoms with Gasteiger partial charge in [-0.3, -0.25) is 10.1 Å². The highest BCUT2D eigenvalue weighted by Crippen LogP contribution is 2.47. The van der Waals surface area contributed by atoms with E-state index < -0.39 is 0 Å². The topological polar surface area (TPSA) is 32.3 Å². The van der Waals surface area contributed by atoms with Crippen LogP contribution in [-0.2, 0) is 4.79 Å². The number of hydrogen-bond acceptors (Lipinski definition) is 3. The summed E-state index contributed by atoms with van der Waals surface area (Å²) in [6, 6.07) is 0.109. The van der Waals surface area contributed by atoms with Gasteiger partial charge in [-0.1, -0.05) is 0 Å². The van der Waals surface area contributed by atoms with E-state index in [9.17, 15) is 4.79 Å². The number of likely N-dealkylation sites (tertiary alicyclic amines) is 1. The van der Waals surface area contributed by atoms with Crippen molar-refractivity contribution in [3.05, 3.63) is 0 Å². The average molecular weight is 249 g/mol. The van der Waals surface area contributed by atoms with Crippen LogP contribution in [0.4, 0.5) is 0 Å². The van der Waals surface area contributed by atoms with Crippen molar-refractivity contribution >= 4 is 30.1 Å². The lowest BCUT2D eigenvalue weighted by atomic mass is 9.67. The van der Waals surface area contributed by atoms with Gasteiger partial charge in [0.25, 0.3) is 0 Å². The zero-order valence-electron chi connectivity index (χ0n) is 8.70. The molecular formula is C10H17ClN2OS. The fraction of sp³-hybridized carbons (Fsp3) is 0.900. The second kappa shape index (κ2) is 4.15. The minimum absolute atomic E-state index is 0. The first kappa shape index (κ1) is 11.6. The van der Waals surface area contributed by atoms with Crippen LogP contribution in [0.5, 0.6) is 0 Å². The second-order valence-corrected chi connectivity index (χ2v) is 5.62. The van der Waals surface area contributed by atoms with Gasteiger partial charge in [-0.25, -0.2) is 0 Å². The summed E-state index contributed by atoms with van der Waals surface area (Å²) >= 11 is 1.83. The van der Waals surface area contributed by atoms with Crippen molar-refractivity contribution in [1.29, 1.82) is 0 Å². The van der Waals surface area contributed by atoms with E-state index in [-0.39, 0.29) is 18.4 Å². The first-order valence-electron chi connectivity index (χ1n) is 5.44. The molecule has 1 saturated carbocycles. The lowest BCUT2D eigenvalue weighted by molar-refractivity contribution is -0.157. The average Bonchev–Trinajstić information content (AvgIpc) is 2.50. The zero-order valence-corrected chi connectivity index (χ0v) is 10.3. The lowest BCUT2D eigenvalue weighted by Crippen LogP contribution is -2.68. The van der Waals surface area contributed by atoms with Gasteiger partial charge in [-0.2, -0.15) is 0 Å². The van der Waals surface area contributed by atoms with E-state index in [2.05, 4.69) is 10.2 Å². The second-order valence-electron chi connectivity index (χ2n) is 4.59. The van der Waals surface area contributed by atoms with Crippen molar-refractivity contribution in [2.24, 2.45) is 0 Å². The Morgan fingerprint density at radius 1 is 1.40 bits per heavy atom.